The number of pyridine rings is 1. The molecule has 28 heavy (non-hydrogen) atoms. The summed E-state index contributed by atoms with van der Waals surface area (Å²) in [6.07, 6.45) is -3.10. The lowest BCUT2D eigenvalue weighted by Crippen LogP contribution is -2.22. The molecule has 0 bridgehead atoms. The van der Waals surface area contributed by atoms with E-state index < -0.39 is 6.36 Å². The third-order valence-electron chi connectivity index (χ3n) is 3.38. The Balaban J connectivity index is 1.88. The van der Waals surface area contributed by atoms with Gasteiger partial charge in [-0.1, -0.05) is 0 Å². The summed E-state index contributed by atoms with van der Waals surface area (Å²) in [6, 6.07) is 8.75. The van der Waals surface area contributed by atoms with Crippen molar-refractivity contribution in [1.82, 2.24) is 9.88 Å². The minimum atomic E-state index is -4.73. The molecule has 0 aliphatic heterocycles. The predicted octanol–water partition coefficient (Wildman–Crippen LogP) is 2.85. The molecule has 0 unspecified atom stereocenters. The number of hydrogen-bond donors (Lipinski definition) is 2. The average Bonchev–Trinajstić information content (AvgIpc) is 2.60. The van der Waals surface area contributed by atoms with Crippen molar-refractivity contribution < 1.29 is 22.6 Å². The summed E-state index contributed by atoms with van der Waals surface area (Å²) < 4.78 is 45.8. The number of ether oxygens (including phenoxy) is 2. The van der Waals surface area contributed by atoms with Crippen molar-refractivity contribution in [3.8, 4) is 11.6 Å². The molecular formula is C18H22F3N5O2. The van der Waals surface area contributed by atoms with E-state index in [0.717, 1.165) is 12.1 Å². The highest BCUT2D eigenvalue weighted by Gasteiger charge is 2.30. The lowest BCUT2D eigenvalue weighted by molar-refractivity contribution is -0.274. The van der Waals surface area contributed by atoms with Crippen LogP contribution in [0.25, 0.3) is 0 Å². The number of aromatic nitrogens is 1. The lowest BCUT2D eigenvalue weighted by atomic mass is 10.3. The molecule has 2 aromatic rings. The van der Waals surface area contributed by atoms with Crippen LogP contribution < -0.4 is 20.5 Å². The van der Waals surface area contributed by atoms with Crippen LogP contribution in [0.5, 0.6) is 11.6 Å². The zero-order valence-corrected chi connectivity index (χ0v) is 15.5. The number of anilines is 1. The van der Waals surface area contributed by atoms with E-state index in [1.54, 1.807) is 18.3 Å². The van der Waals surface area contributed by atoms with Crippen LogP contribution in [0.1, 0.15) is 5.56 Å². The molecule has 2 rings (SSSR count). The van der Waals surface area contributed by atoms with Gasteiger partial charge < -0.3 is 25.4 Å². The maximum atomic E-state index is 12.2. The van der Waals surface area contributed by atoms with Crippen molar-refractivity contribution in [2.24, 2.45) is 10.7 Å². The van der Waals surface area contributed by atoms with Crippen LogP contribution in [0, 0.1) is 0 Å². The van der Waals surface area contributed by atoms with Crippen LogP contribution in [-0.4, -0.2) is 49.5 Å². The summed E-state index contributed by atoms with van der Waals surface area (Å²) in [5.41, 5.74) is 7.16. The number of nitrogens with two attached hydrogens (primary N) is 1. The summed E-state index contributed by atoms with van der Waals surface area (Å²) >= 11 is 0. The molecule has 0 radical (unpaired) electrons. The molecule has 7 nitrogen and oxygen atoms in total. The summed E-state index contributed by atoms with van der Waals surface area (Å²) in [5, 5.41) is 2.80. The van der Waals surface area contributed by atoms with Crippen molar-refractivity contribution in [2.75, 3.05) is 32.6 Å². The van der Waals surface area contributed by atoms with Crippen molar-refractivity contribution in [3.05, 3.63) is 48.2 Å². The van der Waals surface area contributed by atoms with Crippen molar-refractivity contribution in [3.63, 3.8) is 0 Å². The molecule has 0 atom stereocenters. The van der Waals surface area contributed by atoms with Gasteiger partial charge in [-0.05, 0) is 50.0 Å². The van der Waals surface area contributed by atoms with Crippen molar-refractivity contribution in [2.45, 2.75) is 12.9 Å². The Morgan fingerprint density at radius 3 is 2.57 bits per heavy atom. The molecule has 152 valence electrons. The number of alkyl halides is 3. The Morgan fingerprint density at radius 1 is 1.21 bits per heavy atom. The molecule has 0 fully saturated rings. The van der Waals surface area contributed by atoms with Crippen molar-refractivity contribution in [1.29, 1.82) is 0 Å². The number of likely N-dealkylation sites (N-methyl/N-ethyl adjacent to an activating group) is 1. The second-order valence-electron chi connectivity index (χ2n) is 6.05. The third-order valence-corrected chi connectivity index (χ3v) is 3.38. The van der Waals surface area contributed by atoms with E-state index in [4.69, 9.17) is 10.5 Å². The predicted molar refractivity (Wildman–Crippen MR) is 100 cm³/mol. The third kappa shape index (κ3) is 8.12. The second-order valence-corrected chi connectivity index (χ2v) is 6.05. The average molecular weight is 397 g/mol. The number of benzene rings is 1. The van der Waals surface area contributed by atoms with Crippen LogP contribution in [0.3, 0.4) is 0 Å². The summed E-state index contributed by atoms with van der Waals surface area (Å²) in [4.78, 5) is 10.3. The molecule has 10 heteroatoms. The number of nitrogens with zero attached hydrogens (tertiary/aromatic N) is 3. The van der Waals surface area contributed by atoms with Gasteiger partial charge in [-0.25, -0.2) is 9.98 Å². The maximum Gasteiger partial charge on any atom is 0.573 e. The van der Waals surface area contributed by atoms with Crippen LogP contribution in [-0.2, 0) is 6.54 Å². The maximum absolute atomic E-state index is 12.2. The van der Waals surface area contributed by atoms with Crippen LogP contribution >= 0.6 is 0 Å². The van der Waals surface area contributed by atoms with E-state index in [1.807, 2.05) is 19.0 Å². The van der Waals surface area contributed by atoms with E-state index in [2.05, 4.69) is 20.0 Å². The number of halogens is 3. The molecule has 3 N–H and O–H groups in total. The molecule has 0 amide bonds. The van der Waals surface area contributed by atoms with E-state index in [9.17, 15) is 13.2 Å². The highest BCUT2D eigenvalue weighted by Crippen LogP contribution is 2.23. The highest BCUT2D eigenvalue weighted by atomic mass is 19.4. The number of guanidine groups is 1. The molecule has 0 aliphatic carbocycles. The van der Waals surface area contributed by atoms with Crippen LogP contribution in [0.15, 0.2) is 47.6 Å². The SMILES string of the molecule is CN(C)CCOc1cc(CN=C(N)Nc2ccc(OC(F)(F)F)cc2)ccn1. The number of aliphatic imine (C=N–C) groups is 1. The molecule has 0 saturated carbocycles. The molecule has 0 aliphatic rings. The molecule has 1 aromatic carbocycles. The smallest absolute Gasteiger partial charge is 0.476 e. The lowest BCUT2D eigenvalue weighted by Gasteiger charge is -2.11. The molecule has 0 saturated heterocycles. The van der Waals surface area contributed by atoms with E-state index in [1.165, 1.54) is 24.3 Å². The Labute approximate surface area is 161 Å². The summed E-state index contributed by atoms with van der Waals surface area (Å²) in [6.45, 7) is 1.58. The largest absolute Gasteiger partial charge is 0.573 e. The van der Waals surface area contributed by atoms with Gasteiger partial charge in [-0.3, -0.25) is 0 Å². The zero-order chi connectivity index (χ0) is 20.6. The first-order valence-corrected chi connectivity index (χ1v) is 8.36. The van der Waals surface area contributed by atoms with Gasteiger partial charge in [0, 0.05) is 24.5 Å². The monoisotopic (exact) mass is 397 g/mol. The fraction of sp³-hybridized carbons (Fsp3) is 0.333. The molecule has 0 spiro atoms. The molecular weight excluding hydrogens is 375 g/mol. The minimum Gasteiger partial charge on any atom is -0.476 e. The van der Waals surface area contributed by atoms with E-state index in [0.29, 0.717) is 24.7 Å². The molecule has 1 aromatic heterocycles. The minimum absolute atomic E-state index is 0.122. The van der Waals surface area contributed by atoms with Gasteiger partial charge in [0.05, 0.1) is 6.54 Å². The number of hydrogen-bond acceptors (Lipinski definition) is 5. The second kappa shape index (κ2) is 9.79. The first-order chi connectivity index (χ1) is 13.2. The van der Waals surface area contributed by atoms with Gasteiger partial charge >= 0.3 is 6.36 Å². The fourth-order valence-electron chi connectivity index (χ4n) is 2.06. The number of nitrogens with one attached hydrogen (secondary N) is 1. The van der Waals surface area contributed by atoms with Gasteiger partial charge in [-0.2, -0.15) is 0 Å². The van der Waals surface area contributed by atoms with Gasteiger partial charge in [0.15, 0.2) is 5.96 Å². The standard InChI is InChI=1S/C18H22F3N5O2/c1-26(2)9-10-27-16-11-13(7-8-23-16)12-24-17(22)25-14-3-5-15(6-4-14)28-18(19,20)21/h3-8,11H,9-10,12H2,1-2H3,(H3,22,24,25). The van der Waals surface area contributed by atoms with Crippen LogP contribution in [0.4, 0.5) is 18.9 Å². The zero-order valence-electron chi connectivity index (χ0n) is 15.5. The first-order valence-electron chi connectivity index (χ1n) is 8.36. The highest BCUT2D eigenvalue weighted by molar-refractivity contribution is 5.92. The van der Waals surface area contributed by atoms with E-state index in [-0.39, 0.29) is 11.7 Å². The van der Waals surface area contributed by atoms with Crippen molar-refractivity contribution >= 4 is 11.6 Å². The normalized spacial score (nSPS) is 12.1. The quantitative estimate of drug-likeness (QED) is 0.526. The Kier molecular flexibility index (Phi) is 7.44. The van der Waals surface area contributed by atoms with E-state index >= 15 is 0 Å². The summed E-state index contributed by atoms with van der Waals surface area (Å²) in [5.74, 6) is 0.310. The van der Waals surface area contributed by atoms with Gasteiger partial charge in [0.1, 0.15) is 12.4 Å². The molecule has 1 heterocycles. The first kappa shape index (κ1) is 21.3. The fourth-order valence-corrected chi connectivity index (χ4v) is 2.06. The Morgan fingerprint density at radius 2 is 1.93 bits per heavy atom. The number of rotatable bonds is 8. The van der Waals surface area contributed by atoms with Gasteiger partial charge in [-0.15, -0.1) is 13.2 Å². The topological polar surface area (TPSA) is 85.0 Å². The van der Waals surface area contributed by atoms with Crippen LogP contribution in [0.2, 0.25) is 0 Å². The van der Waals surface area contributed by atoms with Gasteiger partial charge in [0.2, 0.25) is 5.88 Å². The van der Waals surface area contributed by atoms with Gasteiger partial charge in [0.25, 0.3) is 0 Å². The Bertz CT molecular complexity index is 780. The summed E-state index contributed by atoms with van der Waals surface area (Å²) in [7, 11) is 3.91. The Hall–Kier alpha value is -3.01.